The highest BCUT2D eigenvalue weighted by atomic mass is 35.5. The smallest absolute Gasteiger partial charge is 0.266 e. The molecule has 0 bridgehead atoms. The molecule has 2 aromatic carbocycles. The third-order valence-electron chi connectivity index (χ3n) is 5.88. The maximum atomic E-state index is 13.1. The van der Waals surface area contributed by atoms with Crippen LogP contribution in [0.2, 0.25) is 10.0 Å². The summed E-state index contributed by atoms with van der Waals surface area (Å²) >= 11 is 12.5. The topological polar surface area (TPSA) is 60.9 Å². The van der Waals surface area contributed by atoms with E-state index in [0.29, 0.717) is 27.1 Å². The molecule has 1 aromatic heterocycles. The second kappa shape index (κ2) is 9.09. The van der Waals surface area contributed by atoms with E-state index in [4.69, 9.17) is 27.9 Å². The van der Waals surface area contributed by atoms with Crippen LogP contribution < -0.4 is 19.9 Å². The van der Waals surface area contributed by atoms with Crippen molar-refractivity contribution in [2.45, 2.75) is 0 Å². The van der Waals surface area contributed by atoms with Crippen LogP contribution in [-0.2, 0) is 0 Å². The molecule has 2 aliphatic rings. The molecule has 2 aliphatic heterocycles. The van der Waals surface area contributed by atoms with Crippen molar-refractivity contribution in [2.24, 2.45) is 0 Å². The lowest BCUT2D eigenvalue weighted by atomic mass is 10.2. The van der Waals surface area contributed by atoms with Gasteiger partial charge in [0.1, 0.15) is 11.4 Å². The van der Waals surface area contributed by atoms with Crippen molar-refractivity contribution in [2.75, 3.05) is 55.1 Å². The van der Waals surface area contributed by atoms with E-state index >= 15 is 0 Å². The Morgan fingerprint density at radius 2 is 1.64 bits per heavy atom. The third kappa shape index (κ3) is 4.44. The number of pyridine rings is 1. The molecule has 0 saturated carbocycles. The first kappa shape index (κ1) is 21.8. The minimum absolute atomic E-state index is 0.0224. The molecule has 0 spiro atoms. The van der Waals surface area contributed by atoms with E-state index in [0.717, 1.165) is 31.9 Å². The fraction of sp³-hybridized carbons (Fsp3) is 0.250. The number of para-hydroxylation sites is 1. The first-order chi connectivity index (χ1) is 16.0. The van der Waals surface area contributed by atoms with E-state index in [-0.39, 0.29) is 18.5 Å². The van der Waals surface area contributed by atoms with Gasteiger partial charge in [0.2, 0.25) is 5.88 Å². The van der Waals surface area contributed by atoms with Gasteiger partial charge >= 0.3 is 0 Å². The van der Waals surface area contributed by atoms with Gasteiger partial charge in [0.15, 0.2) is 6.73 Å². The van der Waals surface area contributed by atoms with Crippen molar-refractivity contribution in [3.63, 3.8) is 0 Å². The summed E-state index contributed by atoms with van der Waals surface area (Å²) in [6.45, 7) is 4.16. The van der Waals surface area contributed by atoms with Crippen molar-refractivity contribution in [1.82, 2.24) is 9.88 Å². The Morgan fingerprint density at radius 1 is 0.939 bits per heavy atom. The number of anilines is 4. The predicted octanol–water partition coefficient (Wildman–Crippen LogP) is 4.88. The van der Waals surface area contributed by atoms with E-state index in [1.807, 2.05) is 12.1 Å². The Balaban J connectivity index is 1.30. The molecule has 0 radical (unpaired) electrons. The molecule has 33 heavy (non-hydrogen) atoms. The number of amides is 1. The molecule has 1 amide bonds. The van der Waals surface area contributed by atoms with Gasteiger partial charge in [-0.3, -0.25) is 9.69 Å². The molecule has 1 fully saturated rings. The number of aromatic nitrogens is 1. The van der Waals surface area contributed by atoms with Gasteiger partial charge in [0.05, 0.1) is 15.7 Å². The van der Waals surface area contributed by atoms with Gasteiger partial charge < -0.3 is 19.9 Å². The Bertz CT molecular complexity index is 1160. The van der Waals surface area contributed by atoms with Crippen LogP contribution in [-0.4, -0.2) is 55.7 Å². The second-order valence-electron chi connectivity index (χ2n) is 8.09. The highest BCUT2D eigenvalue weighted by molar-refractivity contribution is 6.40. The highest BCUT2D eigenvalue weighted by Gasteiger charge is 2.30. The van der Waals surface area contributed by atoms with Crippen LogP contribution in [0.4, 0.5) is 22.9 Å². The average molecular weight is 484 g/mol. The second-order valence-corrected chi connectivity index (χ2v) is 8.90. The van der Waals surface area contributed by atoms with E-state index in [1.165, 1.54) is 10.6 Å². The Labute approximate surface area is 202 Å². The van der Waals surface area contributed by atoms with E-state index in [2.05, 4.69) is 39.3 Å². The predicted molar refractivity (Wildman–Crippen MR) is 132 cm³/mol. The largest absolute Gasteiger partial charge is 0.455 e. The number of piperazine rings is 1. The molecule has 3 aromatic rings. The minimum atomic E-state index is -0.262. The first-order valence-corrected chi connectivity index (χ1v) is 11.5. The lowest BCUT2D eigenvalue weighted by molar-refractivity contribution is 0.0933. The lowest BCUT2D eigenvalue weighted by Crippen LogP contribution is -2.44. The SMILES string of the molecule is CN1CCN(c2ccc(Nc3ccc4c(n3)OCN(c3c(Cl)cccc3Cl)C4=O)cc2)CC1. The Morgan fingerprint density at radius 3 is 2.33 bits per heavy atom. The highest BCUT2D eigenvalue weighted by Crippen LogP contribution is 2.37. The number of hydrogen-bond acceptors (Lipinski definition) is 6. The van der Waals surface area contributed by atoms with Gasteiger partial charge in [-0.15, -0.1) is 0 Å². The number of rotatable bonds is 4. The molecule has 0 unspecified atom stereocenters. The van der Waals surface area contributed by atoms with Gasteiger partial charge in [-0.2, -0.15) is 4.98 Å². The summed E-state index contributed by atoms with van der Waals surface area (Å²) in [5, 5.41) is 4.05. The van der Waals surface area contributed by atoms with Crippen LogP contribution >= 0.6 is 23.2 Å². The lowest BCUT2D eigenvalue weighted by Gasteiger charge is -2.34. The van der Waals surface area contributed by atoms with E-state index in [1.54, 1.807) is 30.3 Å². The van der Waals surface area contributed by atoms with Gasteiger partial charge in [-0.25, -0.2) is 0 Å². The van der Waals surface area contributed by atoms with Crippen molar-refractivity contribution >= 4 is 52.0 Å². The van der Waals surface area contributed by atoms with Gasteiger partial charge in [0.25, 0.3) is 5.91 Å². The Hall–Kier alpha value is -3.00. The fourth-order valence-electron chi connectivity index (χ4n) is 3.99. The number of carbonyl (C=O) groups is 1. The molecule has 1 saturated heterocycles. The number of halogens is 2. The fourth-order valence-corrected chi connectivity index (χ4v) is 4.60. The monoisotopic (exact) mass is 483 g/mol. The zero-order valence-electron chi connectivity index (χ0n) is 18.1. The standard InChI is InChI=1S/C24H23Cl2N5O2/c1-29-11-13-30(14-12-29)17-7-5-16(6-8-17)27-21-10-9-18-23(28-21)33-15-31(24(18)32)22-19(25)3-2-4-20(22)26/h2-10H,11-15H2,1H3,(H,27,28). The molecule has 7 nitrogen and oxygen atoms in total. The zero-order valence-corrected chi connectivity index (χ0v) is 19.6. The van der Waals surface area contributed by atoms with Gasteiger partial charge in [-0.05, 0) is 55.6 Å². The number of ether oxygens (including phenoxy) is 1. The average Bonchev–Trinajstić information content (AvgIpc) is 2.81. The molecule has 3 heterocycles. The summed E-state index contributed by atoms with van der Waals surface area (Å²) in [4.78, 5) is 23.7. The maximum Gasteiger partial charge on any atom is 0.266 e. The summed E-state index contributed by atoms with van der Waals surface area (Å²) in [7, 11) is 2.15. The summed E-state index contributed by atoms with van der Waals surface area (Å²) in [6, 6.07) is 16.8. The van der Waals surface area contributed by atoms with Crippen LogP contribution in [0.15, 0.2) is 54.6 Å². The minimum Gasteiger partial charge on any atom is -0.455 e. The summed E-state index contributed by atoms with van der Waals surface area (Å²) in [5.41, 5.74) is 2.90. The van der Waals surface area contributed by atoms with Crippen molar-refractivity contribution < 1.29 is 9.53 Å². The summed E-state index contributed by atoms with van der Waals surface area (Å²) in [6.07, 6.45) is 0. The normalized spacial score (nSPS) is 16.4. The first-order valence-electron chi connectivity index (χ1n) is 10.7. The quantitative estimate of drug-likeness (QED) is 0.570. The van der Waals surface area contributed by atoms with Gasteiger partial charge in [-0.1, -0.05) is 29.3 Å². The third-order valence-corrected chi connectivity index (χ3v) is 6.49. The number of nitrogens with one attached hydrogen (secondary N) is 1. The van der Waals surface area contributed by atoms with E-state index < -0.39 is 0 Å². The number of likely N-dealkylation sites (N-methyl/N-ethyl adjacent to an activating group) is 1. The van der Waals surface area contributed by atoms with Crippen LogP contribution in [0.3, 0.4) is 0 Å². The molecule has 5 rings (SSSR count). The van der Waals surface area contributed by atoms with Crippen LogP contribution in [0, 0.1) is 0 Å². The number of nitrogens with zero attached hydrogens (tertiary/aromatic N) is 4. The molecule has 1 N–H and O–H groups in total. The number of hydrogen-bond donors (Lipinski definition) is 1. The van der Waals surface area contributed by atoms with Crippen LogP contribution in [0.5, 0.6) is 5.88 Å². The van der Waals surface area contributed by atoms with Gasteiger partial charge in [0, 0.05) is 37.6 Å². The Kier molecular flexibility index (Phi) is 6.01. The molecular weight excluding hydrogens is 461 g/mol. The molecule has 9 heteroatoms. The number of fused-ring (bicyclic) bond motifs is 1. The van der Waals surface area contributed by atoms with Crippen molar-refractivity contribution in [1.29, 1.82) is 0 Å². The molecule has 170 valence electrons. The van der Waals surface area contributed by atoms with E-state index in [9.17, 15) is 4.79 Å². The zero-order chi connectivity index (χ0) is 22.9. The maximum absolute atomic E-state index is 13.1. The molecule has 0 atom stereocenters. The van der Waals surface area contributed by atoms with Crippen LogP contribution in [0.25, 0.3) is 0 Å². The summed E-state index contributed by atoms with van der Waals surface area (Å²) in [5.74, 6) is 0.610. The number of carbonyl (C=O) groups excluding carboxylic acids is 1. The van der Waals surface area contributed by atoms with Crippen LogP contribution in [0.1, 0.15) is 10.4 Å². The molecular formula is C24H23Cl2N5O2. The van der Waals surface area contributed by atoms with Crippen molar-refractivity contribution in [3.8, 4) is 5.88 Å². The van der Waals surface area contributed by atoms with Crippen molar-refractivity contribution in [3.05, 3.63) is 70.2 Å². The number of benzene rings is 2. The molecule has 0 aliphatic carbocycles. The summed E-state index contributed by atoms with van der Waals surface area (Å²) < 4.78 is 5.78.